The minimum Gasteiger partial charge on any atom is -0.466 e. The van der Waals surface area contributed by atoms with Crippen molar-refractivity contribution in [2.45, 2.75) is 39.5 Å². The molecule has 1 aliphatic carbocycles. The maximum absolute atomic E-state index is 13.2. The molecule has 1 aliphatic heterocycles. The lowest BCUT2D eigenvalue weighted by Gasteiger charge is -2.39. The number of ether oxygens (including phenoxy) is 2. The SMILES string of the molecule is COC(=O)C1=C(C)NC2=C(C(=O)CC(C)(C)C2)C1c1ccc(Oc2ccccc2)cc1. The number of para-hydroxylation sites is 1. The third-order valence-electron chi connectivity index (χ3n) is 5.84. The molecule has 0 fully saturated rings. The van der Waals surface area contributed by atoms with E-state index < -0.39 is 11.9 Å². The van der Waals surface area contributed by atoms with Crippen LogP contribution in [0.3, 0.4) is 0 Å². The van der Waals surface area contributed by atoms with E-state index in [1.165, 1.54) is 7.11 Å². The van der Waals surface area contributed by atoms with Crippen LogP contribution in [0.2, 0.25) is 0 Å². The van der Waals surface area contributed by atoms with Crippen LogP contribution in [0.15, 0.2) is 77.1 Å². The predicted octanol–water partition coefficient (Wildman–Crippen LogP) is 5.26. The maximum atomic E-state index is 13.2. The molecule has 0 saturated carbocycles. The number of nitrogens with one attached hydrogen (secondary N) is 1. The van der Waals surface area contributed by atoms with Gasteiger partial charge in [-0.3, -0.25) is 4.79 Å². The minimum absolute atomic E-state index is 0.0715. The monoisotopic (exact) mass is 417 g/mol. The fourth-order valence-corrected chi connectivity index (χ4v) is 4.50. The van der Waals surface area contributed by atoms with Gasteiger partial charge in [0.2, 0.25) is 0 Å². The lowest BCUT2D eigenvalue weighted by molar-refractivity contribution is -0.136. The van der Waals surface area contributed by atoms with E-state index >= 15 is 0 Å². The zero-order chi connectivity index (χ0) is 22.2. The van der Waals surface area contributed by atoms with Gasteiger partial charge in [0.1, 0.15) is 11.5 Å². The minimum atomic E-state index is -0.460. The van der Waals surface area contributed by atoms with Crippen molar-refractivity contribution in [3.63, 3.8) is 0 Å². The van der Waals surface area contributed by atoms with Crippen molar-refractivity contribution in [1.29, 1.82) is 0 Å². The number of rotatable bonds is 4. The van der Waals surface area contributed by atoms with E-state index in [-0.39, 0.29) is 11.2 Å². The molecule has 31 heavy (non-hydrogen) atoms. The summed E-state index contributed by atoms with van der Waals surface area (Å²) in [7, 11) is 1.37. The molecule has 160 valence electrons. The summed E-state index contributed by atoms with van der Waals surface area (Å²) in [6, 6.07) is 17.1. The number of dihydropyridines is 1. The first-order valence-corrected chi connectivity index (χ1v) is 10.4. The Balaban J connectivity index is 1.74. The second-order valence-corrected chi connectivity index (χ2v) is 8.91. The Labute approximate surface area is 182 Å². The van der Waals surface area contributed by atoms with E-state index in [0.29, 0.717) is 23.3 Å². The number of ketones is 1. The lowest BCUT2D eigenvalue weighted by Crippen LogP contribution is -2.38. The molecule has 2 aromatic rings. The largest absolute Gasteiger partial charge is 0.466 e. The van der Waals surface area contributed by atoms with E-state index in [9.17, 15) is 9.59 Å². The van der Waals surface area contributed by atoms with Crippen molar-refractivity contribution in [2.24, 2.45) is 5.41 Å². The fourth-order valence-electron chi connectivity index (χ4n) is 4.50. The topological polar surface area (TPSA) is 64.6 Å². The fraction of sp³-hybridized carbons (Fsp3) is 0.308. The first-order chi connectivity index (χ1) is 14.8. The molecule has 1 atom stereocenters. The number of hydrogen-bond acceptors (Lipinski definition) is 5. The summed E-state index contributed by atoms with van der Waals surface area (Å²) in [5.41, 5.74) is 3.52. The quantitative estimate of drug-likeness (QED) is 0.688. The van der Waals surface area contributed by atoms with Crippen LogP contribution in [0, 0.1) is 5.41 Å². The zero-order valence-corrected chi connectivity index (χ0v) is 18.3. The molecular formula is C26H27NO4. The van der Waals surface area contributed by atoms with Crippen LogP contribution >= 0.6 is 0 Å². The number of carbonyl (C=O) groups excluding carboxylic acids is 2. The molecule has 0 spiro atoms. The van der Waals surface area contributed by atoms with Crippen LogP contribution in [0.5, 0.6) is 11.5 Å². The molecule has 5 nitrogen and oxygen atoms in total. The van der Waals surface area contributed by atoms with Gasteiger partial charge < -0.3 is 14.8 Å². The molecule has 0 bridgehead atoms. The summed E-state index contributed by atoms with van der Waals surface area (Å²) >= 11 is 0. The molecule has 2 aromatic carbocycles. The molecule has 1 heterocycles. The van der Waals surface area contributed by atoms with E-state index in [1.54, 1.807) is 0 Å². The lowest BCUT2D eigenvalue weighted by atomic mass is 9.68. The number of methoxy groups -OCH3 is 1. The molecule has 0 saturated heterocycles. The van der Waals surface area contributed by atoms with Crippen LogP contribution in [-0.2, 0) is 14.3 Å². The van der Waals surface area contributed by atoms with Gasteiger partial charge in [0, 0.05) is 29.3 Å². The highest BCUT2D eigenvalue weighted by atomic mass is 16.5. The summed E-state index contributed by atoms with van der Waals surface area (Å²) in [5.74, 6) is 0.622. The van der Waals surface area contributed by atoms with Crippen molar-refractivity contribution in [1.82, 2.24) is 5.32 Å². The molecule has 1 N–H and O–H groups in total. The molecular weight excluding hydrogens is 390 g/mol. The van der Waals surface area contributed by atoms with Gasteiger partial charge in [-0.05, 0) is 48.6 Å². The Morgan fingerprint density at radius 2 is 1.65 bits per heavy atom. The van der Waals surface area contributed by atoms with Crippen molar-refractivity contribution in [3.05, 3.63) is 82.7 Å². The summed E-state index contributed by atoms with van der Waals surface area (Å²) in [4.78, 5) is 25.9. The van der Waals surface area contributed by atoms with Crippen molar-refractivity contribution in [2.75, 3.05) is 7.11 Å². The second kappa shape index (κ2) is 8.06. The van der Waals surface area contributed by atoms with Crippen LogP contribution < -0.4 is 10.1 Å². The van der Waals surface area contributed by atoms with Gasteiger partial charge in [0.05, 0.1) is 12.7 Å². The highest BCUT2D eigenvalue weighted by molar-refractivity contribution is 6.04. The van der Waals surface area contributed by atoms with Crippen molar-refractivity contribution < 1.29 is 19.1 Å². The number of esters is 1. The molecule has 4 rings (SSSR count). The number of hydrogen-bond donors (Lipinski definition) is 1. The van der Waals surface area contributed by atoms with Gasteiger partial charge in [-0.25, -0.2) is 4.79 Å². The summed E-state index contributed by atoms with van der Waals surface area (Å²) < 4.78 is 11.0. The molecule has 2 aliphatic rings. The Morgan fingerprint density at radius 1 is 1.00 bits per heavy atom. The van der Waals surface area contributed by atoms with E-state index in [0.717, 1.165) is 29.1 Å². The van der Waals surface area contributed by atoms with Crippen LogP contribution in [-0.4, -0.2) is 18.9 Å². The third kappa shape index (κ3) is 4.13. The average molecular weight is 418 g/mol. The van der Waals surface area contributed by atoms with Gasteiger partial charge in [0.15, 0.2) is 5.78 Å². The van der Waals surface area contributed by atoms with Crippen molar-refractivity contribution in [3.8, 4) is 11.5 Å². The van der Waals surface area contributed by atoms with E-state index in [1.807, 2.05) is 61.5 Å². The highest BCUT2D eigenvalue weighted by Crippen LogP contribution is 2.47. The molecule has 0 aromatic heterocycles. The third-order valence-corrected chi connectivity index (χ3v) is 5.84. The first-order valence-electron chi connectivity index (χ1n) is 10.4. The molecule has 5 heteroatoms. The summed E-state index contributed by atoms with van der Waals surface area (Å²) in [6.45, 7) is 6.05. The van der Waals surface area contributed by atoms with Gasteiger partial charge in [-0.15, -0.1) is 0 Å². The Bertz CT molecular complexity index is 1080. The summed E-state index contributed by atoms with van der Waals surface area (Å²) in [6.07, 6.45) is 1.21. The number of Topliss-reactive ketones (excluding diaryl/α,β-unsaturated/α-hetero) is 1. The molecule has 1 unspecified atom stereocenters. The van der Waals surface area contributed by atoms with Gasteiger partial charge in [-0.2, -0.15) is 0 Å². The number of carbonyl (C=O) groups is 2. The summed E-state index contributed by atoms with van der Waals surface area (Å²) in [5, 5.41) is 3.33. The van der Waals surface area contributed by atoms with E-state index in [4.69, 9.17) is 9.47 Å². The normalized spacial score (nSPS) is 20.1. The van der Waals surface area contributed by atoms with Crippen LogP contribution in [0.25, 0.3) is 0 Å². The van der Waals surface area contributed by atoms with Crippen molar-refractivity contribution >= 4 is 11.8 Å². The van der Waals surface area contributed by atoms with Gasteiger partial charge in [-0.1, -0.05) is 44.2 Å². The predicted molar refractivity (Wildman–Crippen MR) is 119 cm³/mol. The maximum Gasteiger partial charge on any atom is 0.336 e. The Kier molecular flexibility index (Phi) is 5.44. The molecule has 0 amide bonds. The highest BCUT2D eigenvalue weighted by Gasteiger charge is 2.42. The standard InChI is InChI=1S/C26H27NO4/c1-16-22(25(29)30-4)23(24-20(27-16)14-26(2,3)15-21(24)28)17-10-12-19(13-11-17)31-18-8-6-5-7-9-18/h5-13,23,27H,14-15H2,1-4H3. The van der Waals surface area contributed by atoms with Crippen LogP contribution in [0.4, 0.5) is 0 Å². The number of benzene rings is 2. The van der Waals surface area contributed by atoms with Gasteiger partial charge >= 0.3 is 5.97 Å². The van der Waals surface area contributed by atoms with Gasteiger partial charge in [0.25, 0.3) is 0 Å². The smallest absolute Gasteiger partial charge is 0.336 e. The number of allylic oxidation sites excluding steroid dienone is 3. The van der Waals surface area contributed by atoms with E-state index in [2.05, 4.69) is 19.2 Å². The van der Waals surface area contributed by atoms with Crippen LogP contribution in [0.1, 0.15) is 45.1 Å². The first kappa shape index (κ1) is 20.9. The second-order valence-electron chi connectivity index (χ2n) is 8.91. The zero-order valence-electron chi connectivity index (χ0n) is 18.3. The Hall–Kier alpha value is -3.34. The Morgan fingerprint density at radius 3 is 2.29 bits per heavy atom. The molecule has 0 radical (unpaired) electrons. The average Bonchev–Trinajstić information content (AvgIpc) is 2.72.